The maximum atomic E-state index is 8.42. The van der Waals surface area contributed by atoms with Crippen LogP contribution in [0.15, 0.2) is 0 Å². The smallest absolute Gasteiger partial charge is 0.0843 e. The normalized spacial score (nSPS) is 28.8. The molecule has 0 aromatic rings. The maximum Gasteiger partial charge on any atom is 0.0843 e. The van der Waals surface area contributed by atoms with Crippen LogP contribution in [0, 0.1) is 23.2 Å². The molecule has 0 aromatic heterocycles. The summed E-state index contributed by atoms with van der Waals surface area (Å²) in [5, 5.41) is 11.7. The summed E-state index contributed by atoms with van der Waals surface area (Å²) in [5.74, 6) is 1.75. The Hall–Kier alpha value is -0.550. The van der Waals surface area contributed by atoms with Crippen molar-refractivity contribution in [2.24, 2.45) is 11.8 Å². The monoisotopic (exact) mass is 180 g/mol. The average molecular weight is 180 g/mol. The molecule has 2 heteroatoms. The molecular weight excluding hydrogens is 160 g/mol. The average Bonchev–Trinajstić information content (AvgIpc) is 2.15. The molecule has 74 valence electrons. The van der Waals surface area contributed by atoms with Crippen molar-refractivity contribution in [3.63, 3.8) is 0 Å². The maximum absolute atomic E-state index is 8.42. The molecule has 13 heavy (non-hydrogen) atoms. The largest absolute Gasteiger partial charge is 0.302 e. The van der Waals surface area contributed by atoms with E-state index >= 15 is 0 Å². The van der Waals surface area contributed by atoms with Crippen molar-refractivity contribution in [3.05, 3.63) is 0 Å². The molecule has 0 aromatic carbocycles. The predicted octanol–water partition coefficient (Wildman–Crippen LogP) is 2.31. The molecule has 1 rings (SSSR count). The Labute approximate surface area is 81.3 Å². The number of nitriles is 1. The van der Waals surface area contributed by atoms with Crippen LogP contribution in [-0.4, -0.2) is 12.6 Å². The molecule has 0 spiro atoms. The summed E-state index contributed by atoms with van der Waals surface area (Å²) in [7, 11) is 0. The molecule has 2 nitrogen and oxygen atoms in total. The summed E-state index contributed by atoms with van der Waals surface area (Å²) in [6.07, 6.45) is 5.18. The van der Waals surface area contributed by atoms with Gasteiger partial charge in [-0.05, 0) is 37.5 Å². The fourth-order valence-electron chi connectivity index (χ4n) is 2.18. The van der Waals surface area contributed by atoms with Gasteiger partial charge in [-0.3, -0.25) is 0 Å². The van der Waals surface area contributed by atoms with Crippen molar-refractivity contribution in [3.8, 4) is 6.07 Å². The lowest BCUT2D eigenvalue weighted by Gasteiger charge is -2.30. The van der Waals surface area contributed by atoms with Gasteiger partial charge in [0.2, 0.25) is 0 Å². The van der Waals surface area contributed by atoms with Gasteiger partial charge in [-0.2, -0.15) is 5.26 Å². The van der Waals surface area contributed by atoms with Crippen LogP contribution >= 0.6 is 0 Å². The molecule has 0 bridgehead atoms. The van der Waals surface area contributed by atoms with Crippen LogP contribution in [0.5, 0.6) is 0 Å². The highest BCUT2D eigenvalue weighted by molar-refractivity contribution is 4.82. The van der Waals surface area contributed by atoms with Gasteiger partial charge in [0.05, 0.1) is 12.6 Å². The Morgan fingerprint density at radius 2 is 1.92 bits per heavy atom. The molecule has 0 radical (unpaired) electrons. The van der Waals surface area contributed by atoms with Crippen LogP contribution in [0.2, 0.25) is 0 Å². The second-order valence-electron chi connectivity index (χ2n) is 4.39. The Morgan fingerprint density at radius 1 is 1.31 bits per heavy atom. The summed E-state index contributed by atoms with van der Waals surface area (Å²) in [6, 6.07) is 2.74. The summed E-state index contributed by atoms with van der Waals surface area (Å²) < 4.78 is 0. The fraction of sp³-hybridized carbons (Fsp3) is 0.909. The van der Waals surface area contributed by atoms with Crippen molar-refractivity contribution in [1.82, 2.24) is 5.32 Å². The van der Waals surface area contributed by atoms with Gasteiger partial charge >= 0.3 is 0 Å². The number of hydrogen-bond donors (Lipinski definition) is 1. The van der Waals surface area contributed by atoms with E-state index in [1.807, 2.05) is 0 Å². The Balaban J connectivity index is 2.19. The van der Waals surface area contributed by atoms with Gasteiger partial charge < -0.3 is 5.32 Å². The van der Waals surface area contributed by atoms with Crippen LogP contribution < -0.4 is 5.32 Å². The van der Waals surface area contributed by atoms with Crippen LogP contribution in [-0.2, 0) is 0 Å². The third-order valence-electron chi connectivity index (χ3n) is 3.18. The van der Waals surface area contributed by atoms with E-state index in [2.05, 4.69) is 25.2 Å². The molecule has 1 aliphatic rings. The zero-order valence-corrected chi connectivity index (χ0v) is 8.71. The summed E-state index contributed by atoms with van der Waals surface area (Å²) in [5.41, 5.74) is 0. The molecule has 0 atom stereocenters. The van der Waals surface area contributed by atoms with Crippen LogP contribution in [0.3, 0.4) is 0 Å². The minimum absolute atomic E-state index is 0.511. The number of nitrogens with one attached hydrogen (secondary N) is 1. The predicted molar refractivity (Wildman–Crippen MR) is 54.2 cm³/mol. The summed E-state index contributed by atoms with van der Waals surface area (Å²) >= 11 is 0. The van der Waals surface area contributed by atoms with Gasteiger partial charge in [-0.1, -0.05) is 13.8 Å². The highest BCUT2D eigenvalue weighted by Crippen LogP contribution is 2.29. The Morgan fingerprint density at radius 3 is 2.38 bits per heavy atom. The van der Waals surface area contributed by atoms with E-state index in [0.717, 1.165) is 11.8 Å². The molecule has 1 aliphatic carbocycles. The van der Waals surface area contributed by atoms with Gasteiger partial charge in [-0.25, -0.2) is 0 Å². The van der Waals surface area contributed by atoms with Crippen molar-refractivity contribution < 1.29 is 0 Å². The lowest BCUT2D eigenvalue weighted by Crippen LogP contribution is -2.34. The van der Waals surface area contributed by atoms with Gasteiger partial charge in [-0.15, -0.1) is 0 Å². The first-order chi connectivity index (χ1) is 6.24. The highest BCUT2D eigenvalue weighted by atomic mass is 14.9. The number of rotatable bonds is 3. The molecule has 1 fully saturated rings. The van der Waals surface area contributed by atoms with Gasteiger partial charge in [0, 0.05) is 6.04 Å². The van der Waals surface area contributed by atoms with Gasteiger partial charge in [0.15, 0.2) is 0 Å². The second kappa shape index (κ2) is 5.24. The molecule has 0 heterocycles. The minimum Gasteiger partial charge on any atom is -0.302 e. The summed E-state index contributed by atoms with van der Waals surface area (Å²) in [6.45, 7) is 5.14. The SMILES string of the molecule is CC(C)C1CCC(NCC#N)CC1. The molecular formula is C11H20N2. The highest BCUT2D eigenvalue weighted by Gasteiger charge is 2.22. The molecule has 0 saturated heterocycles. The van der Waals surface area contributed by atoms with Crippen LogP contribution in [0.4, 0.5) is 0 Å². The fourth-order valence-corrected chi connectivity index (χ4v) is 2.18. The molecule has 0 amide bonds. The van der Waals surface area contributed by atoms with Crippen LogP contribution in [0.25, 0.3) is 0 Å². The first-order valence-electron chi connectivity index (χ1n) is 5.34. The van der Waals surface area contributed by atoms with E-state index in [1.165, 1.54) is 25.7 Å². The van der Waals surface area contributed by atoms with Crippen molar-refractivity contribution >= 4 is 0 Å². The number of hydrogen-bond acceptors (Lipinski definition) is 2. The van der Waals surface area contributed by atoms with E-state index in [9.17, 15) is 0 Å². The molecule has 0 aliphatic heterocycles. The third kappa shape index (κ3) is 3.36. The molecule has 0 unspecified atom stereocenters. The Kier molecular flexibility index (Phi) is 4.24. The van der Waals surface area contributed by atoms with Gasteiger partial charge in [0.1, 0.15) is 0 Å². The van der Waals surface area contributed by atoms with Gasteiger partial charge in [0.25, 0.3) is 0 Å². The molecule has 1 N–H and O–H groups in total. The molecule has 1 saturated carbocycles. The second-order valence-corrected chi connectivity index (χ2v) is 4.39. The number of nitrogens with zero attached hydrogens (tertiary/aromatic N) is 1. The topological polar surface area (TPSA) is 35.8 Å². The zero-order chi connectivity index (χ0) is 9.68. The first-order valence-corrected chi connectivity index (χ1v) is 5.34. The van der Waals surface area contributed by atoms with E-state index in [1.54, 1.807) is 0 Å². The van der Waals surface area contributed by atoms with Crippen LogP contribution in [0.1, 0.15) is 39.5 Å². The third-order valence-corrected chi connectivity index (χ3v) is 3.18. The van der Waals surface area contributed by atoms with E-state index < -0.39 is 0 Å². The van der Waals surface area contributed by atoms with E-state index in [0.29, 0.717) is 12.6 Å². The lowest BCUT2D eigenvalue weighted by atomic mass is 9.80. The van der Waals surface area contributed by atoms with E-state index in [-0.39, 0.29) is 0 Å². The van der Waals surface area contributed by atoms with E-state index in [4.69, 9.17) is 5.26 Å². The summed E-state index contributed by atoms with van der Waals surface area (Å²) in [4.78, 5) is 0. The minimum atomic E-state index is 0.511. The van der Waals surface area contributed by atoms with Crippen molar-refractivity contribution in [2.75, 3.05) is 6.54 Å². The Bertz CT molecular complexity index is 173. The lowest BCUT2D eigenvalue weighted by molar-refractivity contribution is 0.242. The zero-order valence-electron chi connectivity index (χ0n) is 8.71. The standard InChI is InChI=1S/C11H20N2/c1-9(2)10-3-5-11(6-4-10)13-8-7-12/h9-11,13H,3-6,8H2,1-2H3. The van der Waals surface area contributed by atoms with Crippen molar-refractivity contribution in [2.45, 2.75) is 45.6 Å². The van der Waals surface area contributed by atoms with Crippen molar-refractivity contribution in [1.29, 1.82) is 5.26 Å². The quantitative estimate of drug-likeness (QED) is 0.676. The first kappa shape index (κ1) is 10.5.